The molecule has 2 nitrogen and oxygen atoms in total. The fourth-order valence-electron chi connectivity index (χ4n) is 0. The number of hydrogen-bond acceptors (Lipinski definition) is 1. The summed E-state index contributed by atoms with van der Waals surface area (Å²) in [5.41, 5.74) is 0. The van der Waals surface area contributed by atoms with E-state index in [1.54, 1.807) is 10.1 Å². The molecule has 0 aliphatic rings. The van der Waals surface area contributed by atoms with E-state index in [-0.39, 0.29) is 38.2 Å². The van der Waals surface area contributed by atoms with Crippen LogP contribution in [0.2, 0.25) is 0 Å². The van der Waals surface area contributed by atoms with Gasteiger partial charge in [-0.05, 0) is 0 Å². The SMILES string of the molecule is O=[Si+2].[O-2].[Y+3]. The molecule has 0 atom stereocenters. The third kappa shape index (κ3) is 11.4. The van der Waals surface area contributed by atoms with Gasteiger partial charge in [0.15, 0.2) is 0 Å². The van der Waals surface area contributed by atoms with Gasteiger partial charge in [0, 0.05) is 0 Å². The first-order valence-corrected chi connectivity index (χ1v) is 0.612. The van der Waals surface area contributed by atoms with Gasteiger partial charge in [0.1, 0.15) is 0 Å². The molecule has 4 heteroatoms. The quantitative estimate of drug-likeness (QED) is 0.423. The van der Waals surface area contributed by atoms with Crippen LogP contribution in [-0.4, -0.2) is 10.1 Å². The monoisotopic (exact) mass is 149 g/mol. The van der Waals surface area contributed by atoms with Crippen molar-refractivity contribution in [2.24, 2.45) is 0 Å². The van der Waals surface area contributed by atoms with Crippen LogP contribution in [0.3, 0.4) is 0 Å². The van der Waals surface area contributed by atoms with Crippen molar-refractivity contribution < 1.29 is 42.6 Å². The zero-order chi connectivity index (χ0) is 2.00. The molecule has 0 saturated carbocycles. The summed E-state index contributed by atoms with van der Waals surface area (Å²) in [4.78, 5) is 0. The first-order chi connectivity index (χ1) is 1.00. The Morgan fingerprint density at radius 1 is 1.25 bits per heavy atom. The first kappa shape index (κ1) is 19.5. The van der Waals surface area contributed by atoms with E-state index in [0.29, 0.717) is 0 Å². The molecule has 0 heterocycles. The molecule has 0 amide bonds. The zero-order valence-corrected chi connectivity index (χ0v) is 5.73. The van der Waals surface area contributed by atoms with Gasteiger partial charge in [-0.2, -0.15) is 0 Å². The first-order valence-electron chi connectivity index (χ1n) is 0.204. The summed E-state index contributed by atoms with van der Waals surface area (Å²) in [5.74, 6) is 0. The molecule has 0 rings (SSSR count). The summed E-state index contributed by atoms with van der Waals surface area (Å²) >= 11 is 0. The minimum atomic E-state index is 0. The molecule has 0 saturated heterocycles. The third-order valence-corrected chi connectivity index (χ3v) is 0. The second-order valence-corrected chi connectivity index (χ2v) is 0. The van der Waals surface area contributed by atoms with Crippen molar-refractivity contribution in [3.05, 3.63) is 0 Å². The van der Waals surface area contributed by atoms with E-state index < -0.39 is 0 Å². The number of rotatable bonds is 0. The topological polar surface area (TPSA) is 45.6 Å². The van der Waals surface area contributed by atoms with Crippen molar-refractivity contribution in [3.63, 3.8) is 0 Å². The van der Waals surface area contributed by atoms with Gasteiger partial charge in [0.25, 0.3) is 0 Å². The van der Waals surface area contributed by atoms with Crippen LogP contribution in [-0.2, 0) is 42.6 Å². The van der Waals surface area contributed by atoms with Gasteiger partial charge in [-0.25, -0.2) is 0 Å². The van der Waals surface area contributed by atoms with Crippen LogP contribution in [0.25, 0.3) is 0 Å². The Bertz CT molecular complexity index is 6.00. The third-order valence-electron chi connectivity index (χ3n) is 0. The van der Waals surface area contributed by atoms with Crippen molar-refractivity contribution in [2.75, 3.05) is 0 Å². The van der Waals surface area contributed by atoms with E-state index >= 15 is 0 Å². The van der Waals surface area contributed by atoms with Gasteiger partial charge < -0.3 is 5.48 Å². The van der Waals surface area contributed by atoms with Crippen molar-refractivity contribution in [3.8, 4) is 0 Å². The standard InChI is InChI=1S/OSi.O.Y/c1-2;;/q+2;-2;+3. The molecular formula is O2SiY+3. The molecule has 0 spiro atoms. The van der Waals surface area contributed by atoms with E-state index in [0.717, 1.165) is 0 Å². The Hall–Kier alpha value is 1.08. The van der Waals surface area contributed by atoms with Gasteiger partial charge >= 0.3 is 47.3 Å². The average molecular weight is 149 g/mol. The zero-order valence-electron chi connectivity index (χ0n) is 1.89. The van der Waals surface area contributed by atoms with E-state index in [9.17, 15) is 0 Å². The summed E-state index contributed by atoms with van der Waals surface area (Å²) < 4.78 is 8.06. The van der Waals surface area contributed by atoms with Gasteiger partial charge in [0.2, 0.25) is 0 Å². The predicted molar refractivity (Wildman–Crippen MR) is 7.13 cm³/mol. The Labute approximate surface area is 52.6 Å². The summed E-state index contributed by atoms with van der Waals surface area (Å²) in [6, 6.07) is 0. The molecule has 0 aliphatic heterocycles. The van der Waals surface area contributed by atoms with E-state index in [4.69, 9.17) is 4.46 Å². The molecule has 0 fully saturated rings. The van der Waals surface area contributed by atoms with Crippen molar-refractivity contribution in [1.29, 1.82) is 0 Å². The summed E-state index contributed by atoms with van der Waals surface area (Å²) in [6.45, 7) is 0. The summed E-state index contributed by atoms with van der Waals surface area (Å²) in [6.07, 6.45) is 0. The van der Waals surface area contributed by atoms with Gasteiger partial charge in [0.05, 0.1) is 0 Å². The molecule has 0 aromatic heterocycles. The van der Waals surface area contributed by atoms with Crippen LogP contribution in [0, 0.1) is 0 Å². The van der Waals surface area contributed by atoms with Crippen LogP contribution in [0.4, 0.5) is 0 Å². The van der Waals surface area contributed by atoms with Gasteiger partial charge in [-0.15, -0.1) is 0 Å². The fraction of sp³-hybridized carbons (Fsp3) is 0. The Morgan fingerprint density at radius 2 is 1.25 bits per heavy atom. The Kier molecular flexibility index (Phi) is 162. The van der Waals surface area contributed by atoms with Crippen LogP contribution in [0.5, 0.6) is 0 Å². The number of hydrogen-bond donors (Lipinski definition) is 0. The maximum absolute atomic E-state index is 8.06. The fourth-order valence-corrected chi connectivity index (χ4v) is 0. The molecule has 0 radical (unpaired) electrons. The van der Waals surface area contributed by atoms with Crippen LogP contribution < -0.4 is 0 Å². The van der Waals surface area contributed by atoms with E-state index in [1.165, 1.54) is 0 Å². The molecule has 0 aromatic rings. The molecular weight excluding hydrogens is 149 g/mol. The van der Waals surface area contributed by atoms with E-state index in [2.05, 4.69) is 0 Å². The second kappa shape index (κ2) is 33.2. The van der Waals surface area contributed by atoms with Crippen molar-refractivity contribution in [1.82, 2.24) is 0 Å². The minimum absolute atomic E-state index is 0. The smallest absolute Gasteiger partial charge is 2.00 e. The molecule has 0 N–H and O–H groups in total. The van der Waals surface area contributed by atoms with Crippen molar-refractivity contribution in [2.45, 2.75) is 0 Å². The van der Waals surface area contributed by atoms with Crippen LogP contribution in [0.15, 0.2) is 0 Å². The Balaban J connectivity index is -0.00000000500. The van der Waals surface area contributed by atoms with Crippen LogP contribution >= 0.6 is 0 Å². The normalized spacial score (nSPS) is 1.50. The average Bonchev–Trinajstić information content (AvgIpc) is 1.00. The second-order valence-electron chi connectivity index (χ2n) is 0. The van der Waals surface area contributed by atoms with Gasteiger partial charge in [-0.1, -0.05) is 0 Å². The summed E-state index contributed by atoms with van der Waals surface area (Å²) in [5, 5.41) is 0. The molecule has 4 heavy (non-hydrogen) atoms. The molecule has 0 aliphatic carbocycles. The van der Waals surface area contributed by atoms with Crippen molar-refractivity contribution >= 4 is 10.1 Å². The largest absolute Gasteiger partial charge is 3.00 e. The Morgan fingerprint density at radius 3 is 1.25 bits per heavy atom. The molecule has 0 bridgehead atoms. The maximum Gasteiger partial charge on any atom is 3.00 e. The molecule has 0 aromatic carbocycles. The van der Waals surface area contributed by atoms with Crippen LogP contribution in [0.1, 0.15) is 0 Å². The molecule has 0 unspecified atom stereocenters. The summed E-state index contributed by atoms with van der Waals surface area (Å²) in [7, 11) is 1.72. The van der Waals surface area contributed by atoms with E-state index in [1.807, 2.05) is 0 Å². The predicted octanol–water partition coefficient (Wildman–Crippen LogP) is -0.621. The minimum Gasteiger partial charge on any atom is -2.00 e. The maximum atomic E-state index is 8.06. The molecule has 16 valence electrons. The van der Waals surface area contributed by atoms with Gasteiger partial charge in [-0.3, -0.25) is 0 Å².